The lowest BCUT2D eigenvalue weighted by atomic mass is 9.97. The van der Waals surface area contributed by atoms with Crippen LogP contribution in [0.25, 0.3) is 0 Å². The molecule has 2 heteroatoms. The van der Waals surface area contributed by atoms with Crippen molar-refractivity contribution in [3.8, 4) is 11.8 Å². The molecule has 0 aromatic rings. The molecule has 2 nitrogen and oxygen atoms in total. The van der Waals surface area contributed by atoms with E-state index in [4.69, 9.17) is 0 Å². The van der Waals surface area contributed by atoms with Crippen LogP contribution in [0.1, 0.15) is 52.4 Å². The third kappa shape index (κ3) is 3.24. The van der Waals surface area contributed by atoms with Gasteiger partial charge in [0.2, 0.25) is 0 Å². The number of nitrogens with zero attached hydrogens (tertiary/aromatic N) is 1. The zero-order valence-corrected chi connectivity index (χ0v) is 11.3. The van der Waals surface area contributed by atoms with Crippen molar-refractivity contribution >= 4 is 0 Å². The molecule has 0 amide bonds. The van der Waals surface area contributed by atoms with Crippen molar-refractivity contribution in [1.82, 2.24) is 10.2 Å². The minimum Gasteiger partial charge on any atom is -0.314 e. The lowest BCUT2D eigenvalue weighted by Gasteiger charge is -2.39. The molecule has 2 bridgehead atoms. The average molecular weight is 234 g/mol. The summed E-state index contributed by atoms with van der Waals surface area (Å²) in [6.07, 6.45) is 7.84. The number of fused-ring (bicyclic) bond motifs is 2. The second-order valence-corrected chi connectivity index (χ2v) is 5.42. The Labute approximate surface area is 106 Å². The maximum Gasteiger partial charge on any atom is 0.0217 e. The van der Waals surface area contributed by atoms with E-state index < -0.39 is 0 Å². The van der Waals surface area contributed by atoms with E-state index in [-0.39, 0.29) is 0 Å². The Morgan fingerprint density at radius 1 is 1.24 bits per heavy atom. The SMILES string of the molecule is CC#CCCN1C2CCC1CC(NCCC)C2. The summed E-state index contributed by atoms with van der Waals surface area (Å²) in [5.41, 5.74) is 0. The molecule has 2 aliphatic heterocycles. The summed E-state index contributed by atoms with van der Waals surface area (Å²) in [5, 5.41) is 3.71. The fraction of sp³-hybridized carbons (Fsp3) is 0.867. The first-order valence-electron chi connectivity index (χ1n) is 7.24. The van der Waals surface area contributed by atoms with Gasteiger partial charge in [0.15, 0.2) is 0 Å². The molecule has 0 aliphatic carbocycles. The van der Waals surface area contributed by atoms with Crippen molar-refractivity contribution in [1.29, 1.82) is 0 Å². The lowest BCUT2D eigenvalue weighted by molar-refractivity contribution is 0.120. The molecule has 2 unspecified atom stereocenters. The van der Waals surface area contributed by atoms with E-state index in [0.717, 1.165) is 24.5 Å². The molecular formula is C15H26N2. The van der Waals surface area contributed by atoms with Crippen molar-refractivity contribution in [3.05, 3.63) is 0 Å². The summed E-state index contributed by atoms with van der Waals surface area (Å²) in [5.74, 6) is 6.21. The molecule has 2 rings (SSSR count). The molecule has 0 saturated carbocycles. The standard InChI is InChI=1S/C15H26N2/c1-3-5-6-10-17-14-7-8-15(17)12-13(11-14)16-9-4-2/h13-16H,4,6-12H2,1-2H3. The second-order valence-electron chi connectivity index (χ2n) is 5.42. The molecule has 0 radical (unpaired) electrons. The fourth-order valence-electron chi connectivity index (χ4n) is 3.46. The van der Waals surface area contributed by atoms with Gasteiger partial charge in [-0.25, -0.2) is 0 Å². The van der Waals surface area contributed by atoms with Crippen molar-refractivity contribution < 1.29 is 0 Å². The van der Waals surface area contributed by atoms with E-state index in [1.54, 1.807) is 0 Å². The summed E-state index contributed by atoms with van der Waals surface area (Å²) < 4.78 is 0. The largest absolute Gasteiger partial charge is 0.314 e. The van der Waals surface area contributed by atoms with Crippen LogP contribution in [-0.2, 0) is 0 Å². The van der Waals surface area contributed by atoms with Gasteiger partial charge in [-0.3, -0.25) is 4.90 Å². The van der Waals surface area contributed by atoms with Crippen LogP contribution >= 0.6 is 0 Å². The van der Waals surface area contributed by atoms with Crippen molar-refractivity contribution in [2.75, 3.05) is 13.1 Å². The van der Waals surface area contributed by atoms with Gasteiger partial charge in [0, 0.05) is 31.1 Å². The van der Waals surface area contributed by atoms with Gasteiger partial charge < -0.3 is 5.32 Å². The highest BCUT2D eigenvalue weighted by Gasteiger charge is 2.39. The molecule has 96 valence electrons. The molecule has 0 spiro atoms. The van der Waals surface area contributed by atoms with E-state index in [1.165, 1.54) is 45.2 Å². The third-order valence-electron chi connectivity index (χ3n) is 4.24. The van der Waals surface area contributed by atoms with Crippen LogP contribution in [0.2, 0.25) is 0 Å². The number of hydrogen-bond donors (Lipinski definition) is 1. The van der Waals surface area contributed by atoms with Gasteiger partial charge in [-0.1, -0.05) is 6.92 Å². The van der Waals surface area contributed by atoms with E-state index in [0.29, 0.717) is 0 Å². The number of hydrogen-bond acceptors (Lipinski definition) is 2. The molecule has 17 heavy (non-hydrogen) atoms. The number of nitrogens with one attached hydrogen (secondary N) is 1. The molecule has 0 aromatic carbocycles. The topological polar surface area (TPSA) is 15.3 Å². The Bertz CT molecular complexity index is 275. The molecular weight excluding hydrogens is 208 g/mol. The summed E-state index contributed by atoms with van der Waals surface area (Å²) in [6.45, 7) is 6.57. The quantitative estimate of drug-likeness (QED) is 0.735. The van der Waals surface area contributed by atoms with Crippen LogP contribution in [0.4, 0.5) is 0 Å². The van der Waals surface area contributed by atoms with E-state index in [9.17, 15) is 0 Å². The van der Waals surface area contributed by atoms with Gasteiger partial charge in [-0.2, -0.15) is 0 Å². The van der Waals surface area contributed by atoms with Gasteiger partial charge in [0.05, 0.1) is 0 Å². The van der Waals surface area contributed by atoms with Crippen molar-refractivity contribution in [3.63, 3.8) is 0 Å². The lowest BCUT2D eigenvalue weighted by Crippen LogP contribution is -2.49. The molecule has 2 heterocycles. The Morgan fingerprint density at radius 3 is 2.53 bits per heavy atom. The molecule has 0 aromatic heterocycles. The Hall–Kier alpha value is -0.520. The molecule has 2 aliphatic rings. The normalized spacial score (nSPS) is 32.2. The van der Waals surface area contributed by atoms with Gasteiger partial charge in [0.1, 0.15) is 0 Å². The van der Waals surface area contributed by atoms with Crippen molar-refractivity contribution in [2.24, 2.45) is 0 Å². The van der Waals surface area contributed by atoms with Crippen LogP contribution in [0.15, 0.2) is 0 Å². The molecule has 2 fully saturated rings. The monoisotopic (exact) mass is 234 g/mol. The molecule has 2 saturated heterocycles. The number of rotatable bonds is 5. The summed E-state index contributed by atoms with van der Waals surface area (Å²) >= 11 is 0. The van der Waals surface area contributed by atoms with Gasteiger partial charge in [0.25, 0.3) is 0 Å². The second kappa shape index (κ2) is 6.42. The smallest absolute Gasteiger partial charge is 0.0217 e. The minimum absolute atomic E-state index is 0.779. The minimum atomic E-state index is 0.779. The Balaban J connectivity index is 1.81. The maximum absolute atomic E-state index is 3.71. The number of piperidine rings is 1. The zero-order chi connectivity index (χ0) is 12.1. The highest BCUT2D eigenvalue weighted by Crippen LogP contribution is 2.35. The van der Waals surface area contributed by atoms with Crippen LogP contribution in [0.3, 0.4) is 0 Å². The van der Waals surface area contributed by atoms with E-state index >= 15 is 0 Å². The first kappa shape index (κ1) is 12.9. The van der Waals surface area contributed by atoms with Gasteiger partial charge >= 0.3 is 0 Å². The highest BCUT2D eigenvalue weighted by atomic mass is 15.2. The van der Waals surface area contributed by atoms with E-state index in [1.807, 2.05) is 6.92 Å². The summed E-state index contributed by atoms with van der Waals surface area (Å²) in [6, 6.07) is 2.45. The average Bonchev–Trinajstić information content (AvgIpc) is 2.59. The first-order valence-corrected chi connectivity index (χ1v) is 7.24. The van der Waals surface area contributed by atoms with Crippen LogP contribution in [-0.4, -0.2) is 36.1 Å². The third-order valence-corrected chi connectivity index (χ3v) is 4.24. The van der Waals surface area contributed by atoms with E-state index in [2.05, 4.69) is 29.0 Å². The maximum atomic E-state index is 3.71. The summed E-state index contributed by atoms with van der Waals surface area (Å²) in [7, 11) is 0. The van der Waals surface area contributed by atoms with Crippen LogP contribution in [0, 0.1) is 11.8 Å². The zero-order valence-electron chi connectivity index (χ0n) is 11.3. The Kier molecular flexibility index (Phi) is 4.88. The van der Waals surface area contributed by atoms with Crippen molar-refractivity contribution in [2.45, 2.75) is 70.5 Å². The van der Waals surface area contributed by atoms with Crippen LogP contribution in [0.5, 0.6) is 0 Å². The fourth-order valence-corrected chi connectivity index (χ4v) is 3.46. The molecule has 1 N–H and O–H groups in total. The van der Waals surface area contributed by atoms with Gasteiger partial charge in [-0.15, -0.1) is 11.8 Å². The predicted octanol–water partition coefficient (Wildman–Crippen LogP) is 2.39. The van der Waals surface area contributed by atoms with Crippen LogP contribution < -0.4 is 5.32 Å². The summed E-state index contributed by atoms with van der Waals surface area (Å²) in [4.78, 5) is 2.73. The first-order chi connectivity index (χ1) is 8.35. The highest BCUT2D eigenvalue weighted by molar-refractivity contribution is 5.01. The molecule has 2 atom stereocenters. The predicted molar refractivity (Wildman–Crippen MR) is 72.9 cm³/mol. The Morgan fingerprint density at radius 2 is 1.94 bits per heavy atom. The van der Waals surface area contributed by atoms with Gasteiger partial charge in [-0.05, 0) is 45.6 Å².